The molecular weight excluding hydrogens is 271 g/mol. The second-order valence-electron chi connectivity index (χ2n) is 5.16. The van der Waals surface area contributed by atoms with Gasteiger partial charge in [-0.3, -0.25) is 4.57 Å². The molecule has 1 saturated heterocycles. The molecule has 1 aliphatic heterocycles. The number of carbonyl (C=O) groups excluding carboxylic acids is 1. The highest BCUT2D eigenvalue weighted by atomic mass is 31.2. The van der Waals surface area contributed by atoms with Crippen LogP contribution in [0, 0.1) is 5.41 Å². The van der Waals surface area contributed by atoms with Crippen molar-refractivity contribution in [3.63, 3.8) is 0 Å². The predicted octanol–water partition coefficient (Wildman–Crippen LogP) is 2.37. The molecule has 19 heavy (non-hydrogen) atoms. The molecule has 1 fully saturated rings. The van der Waals surface area contributed by atoms with Crippen molar-refractivity contribution in [3.8, 4) is 0 Å². The van der Waals surface area contributed by atoms with Crippen molar-refractivity contribution in [1.82, 2.24) is 5.43 Å². The van der Waals surface area contributed by atoms with Gasteiger partial charge in [0.2, 0.25) is 0 Å². The molecule has 1 amide bonds. The number of hydrogen-bond donors (Lipinski definition) is 1. The van der Waals surface area contributed by atoms with Crippen LogP contribution in [0.5, 0.6) is 0 Å². The van der Waals surface area contributed by atoms with Crippen LogP contribution in [0.15, 0.2) is 5.10 Å². The van der Waals surface area contributed by atoms with Gasteiger partial charge in [0.1, 0.15) is 0 Å². The first kappa shape index (κ1) is 16.1. The van der Waals surface area contributed by atoms with E-state index in [2.05, 4.69) is 15.3 Å². The number of carbonyl (C=O) groups is 1. The van der Waals surface area contributed by atoms with Gasteiger partial charge in [-0.15, -0.1) is 0 Å². The third-order valence-corrected chi connectivity index (χ3v) is 4.23. The van der Waals surface area contributed by atoms with Gasteiger partial charge in [-0.2, -0.15) is 5.10 Å². The minimum atomic E-state index is -3.15. The Kier molecular flexibility index (Phi) is 5.52. The quantitative estimate of drug-likeness (QED) is 0.488. The molecule has 110 valence electrons. The van der Waals surface area contributed by atoms with Crippen LogP contribution < -0.4 is 5.43 Å². The molecule has 0 aliphatic carbocycles. The molecule has 0 aromatic rings. The lowest BCUT2D eigenvalue weighted by atomic mass is 9.97. The van der Waals surface area contributed by atoms with Crippen LogP contribution in [0.25, 0.3) is 0 Å². The van der Waals surface area contributed by atoms with E-state index < -0.39 is 13.7 Å². The average Bonchev–Trinajstić information content (AvgIpc) is 2.32. The summed E-state index contributed by atoms with van der Waals surface area (Å²) in [6.45, 7) is 8.30. The van der Waals surface area contributed by atoms with Crippen LogP contribution in [-0.2, 0) is 18.3 Å². The highest BCUT2D eigenvalue weighted by Crippen LogP contribution is 2.53. The van der Waals surface area contributed by atoms with Crippen molar-refractivity contribution in [3.05, 3.63) is 0 Å². The van der Waals surface area contributed by atoms with E-state index in [-0.39, 0.29) is 18.2 Å². The van der Waals surface area contributed by atoms with Gasteiger partial charge >= 0.3 is 13.7 Å². The molecule has 8 heteroatoms. The molecule has 1 aliphatic rings. The van der Waals surface area contributed by atoms with Crippen LogP contribution in [0.2, 0.25) is 0 Å². The van der Waals surface area contributed by atoms with Crippen molar-refractivity contribution in [2.45, 2.75) is 27.7 Å². The fourth-order valence-corrected chi connectivity index (χ4v) is 3.32. The van der Waals surface area contributed by atoms with Crippen LogP contribution in [0.3, 0.4) is 0 Å². The Balaban J connectivity index is 2.48. The van der Waals surface area contributed by atoms with Gasteiger partial charge < -0.3 is 13.8 Å². The van der Waals surface area contributed by atoms with Gasteiger partial charge in [0.05, 0.1) is 26.0 Å². The van der Waals surface area contributed by atoms with E-state index in [4.69, 9.17) is 9.05 Å². The summed E-state index contributed by atoms with van der Waals surface area (Å²) in [6, 6.07) is 0. The van der Waals surface area contributed by atoms with E-state index in [1.165, 1.54) is 0 Å². The van der Waals surface area contributed by atoms with E-state index >= 15 is 0 Å². The fraction of sp³-hybridized carbons (Fsp3) is 0.818. The van der Waals surface area contributed by atoms with Crippen LogP contribution in [-0.4, -0.2) is 37.8 Å². The number of nitrogens with zero attached hydrogens (tertiary/aromatic N) is 1. The lowest BCUT2D eigenvalue weighted by Crippen LogP contribution is -2.31. The molecule has 0 aromatic heterocycles. The molecular formula is C11H21N2O5P. The van der Waals surface area contributed by atoms with E-state index in [1.807, 2.05) is 13.8 Å². The molecule has 0 atom stereocenters. The summed E-state index contributed by atoms with van der Waals surface area (Å²) in [5.74, 6) is 0. The highest BCUT2D eigenvalue weighted by molar-refractivity contribution is 7.55. The highest BCUT2D eigenvalue weighted by Gasteiger charge is 2.36. The number of ether oxygens (including phenoxy) is 1. The van der Waals surface area contributed by atoms with Gasteiger partial charge in [0.25, 0.3) is 0 Å². The summed E-state index contributed by atoms with van der Waals surface area (Å²) in [4.78, 5) is 11.0. The summed E-state index contributed by atoms with van der Waals surface area (Å²) < 4.78 is 27.5. The van der Waals surface area contributed by atoms with Crippen LogP contribution >= 0.6 is 7.60 Å². The molecule has 0 bridgehead atoms. The SMILES string of the molecule is CCOC(=O)N/N=C(/C)CP1(=O)OCC(C)(C)CO1. The van der Waals surface area contributed by atoms with E-state index in [0.717, 1.165) is 0 Å². The maximum atomic E-state index is 12.2. The molecule has 1 rings (SSSR count). The summed E-state index contributed by atoms with van der Waals surface area (Å²) in [5, 5.41) is 3.78. The van der Waals surface area contributed by atoms with Gasteiger partial charge in [-0.1, -0.05) is 13.8 Å². The minimum absolute atomic E-state index is 0.0511. The molecule has 0 spiro atoms. The zero-order valence-electron chi connectivity index (χ0n) is 11.8. The minimum Gasteiger partial charge on any atom is -0.449 e. The standard InChI is InChI=1S/C11H21N2O5P/c1-5-16-10(14)13-12-9(2)6-19(15)17-7-11(3,4)8-18-19/h5-8H2,1-4H3,(H,13,14)/b12-9-. The van der Waals surface area contributed by atoms with E-state index in [9.17, 15) is 9.36 Å². The first-order chi connectivity index (χ1) is 8.76. The van der Waals surface area contributed by atoms with Crippen LogP contribution in [0.4, 0.5) is 4.79 Å². The molecule has 7 nitrogen and oxygen atoms in total. The number of hydrogen-bond acceptors (Lipinski definition) is 6. The van der Waals surface area contributed by atoms with Gasteiger partial charge in [-0.25, -0.2) is 10.2 Å². The lowest BCUT2D eigenvalue weighted by Gasteiger charge is -2.33. The Morgan fingerprint density at radius 2 is 2.00 bits per heavy atom. The Morgan fingerprint density at radius 1 is 1.42 bits per heavy atom. The summed E-state index contributed by atoms with van der Waals surface area (Å²) in [7, 11) is -3.15. The Morgan fingerprint density at radius 3 is 2.53 bits per heavy atom. The molecule has 0 aromatic carbocycles. The number of hydrazone groups is 1. The zero-order chi connectivity index (χ0) is 14.5. The molecule has 1 heterocycles. The fourth-order valence-electron chi connectivity index (χ4n) is 1.34. The van der Waals surface area contributed by atoms with Crippen molar-refractivity contribution < 1.29 is 23.1 Å². The second-order valence-corrected chi connectivity index (χ2v) is 7.21. The first-order valence-electron chi connectivity index (χ1n) is 6.10. The molecule has 0 saturated carbocycles. The largest absolute Gasteiger partial charge is 0.449 e. The number of nitrogens with one attached hydrogen (secondary N) is 1. The number of rotatable bonds is 4. The normalized spacial score (nSPS) is 21.8. The summed E-state index contributed by atoms with van der Waals surface area (Å²) in [5.41, 5.74) is 2.52. The maximum absolute atomic E-state index is 12.2. The molecule has 0 unspecified atom stereocenters. The summed E-state index contributed by atoms with van der Waals surface area (Å²) >= 11 is 0. The van der Waals surface area contributed by atoms with Gasteiger partial charge in [0.15, 0.2) is 0 Å². The molecule has 1 N–H and O–H groups in total. The Hall–Kier alpha value is -0.910. The zero-order valence-corrected chi connectivity index (χ0v) is 12.7. The van der Waals surface area contributed by atoms with Crippen molar-refractivity contribution >= 4 is 19.4 Å². The van der Waals surface area contributed by atoms with Crippen molar-refractivity contribution in [1.29, 1.82) is 0 Å². The Bertz CT molecular complexity index is 394. The van der Waals surface area contributed by atoms with E-state index in [1.54, 1.807) is 13.8 Å². The third-order valence-electron chi connectivity index (χ3n) is 2.34. The van der Waals surface area contributed by atoms with Crippen molar-refractivity contribution in [2.75, 3.05) is 26.0 Å². The monoisotopic (exact) mass is 292 g/mol. The predicted molar refractivity (Wildman–Crippen MR) is 71.4 cm³/mol. The van der Waals surface area contributed by atoms with E-state index in [0.29, 0.717) is 18.9 Å². The average molecular weight is 292 g/mol. The topological polar surface area (TPSA) is 86.2 Å². The third kappa shape index (κ3) is 5.72. The summed E-state index contributed by atoms with van der Waals surface area (Å²) in [6.07, 6.45) is -0.595. The Labute approximate surface area is 113 Å². The van der Waals surface area contributed by atoms with Gasteiger partial charge in [-0.05, 0) is 13.8 Å². The maximum Gasteiger partial charge on any atom is 0.427 e. The van der Waals surface area contributed by atoms with Gasteiger partial charge in [0, 0.05) is 11.1 Å². The first-order valence-corrected chi connectivity index (χ1v) is 7.83. The second kappa shape index (κ2) is 6.50. The smallest absolute Gasteiger partial charge is 0.427 e. The lowest BCUT2D eigenvalue weighted by molar-refractivity contribution is 0.0429. The molecule has 0 radical (unpaired) electrons. The number of amides is 1. The van der Waals surface area contributed by atoms with Crippen molar-refractivity contribution in [2.24, 2.45) is 10.5 Å². The van der Waals surface area contributed by atoms with Crippen LogP contribution in [0.1, 0.15) is 27.7 Å².